The van der Waals surface area contributed by atoms with Crippen LogP contribution in [-0.2, 0) is 9.53 Å². The van der Waals surface area contributed by atoms with Gasteiger partial charge in [0.2, 0.25) is 0 Å². The number of rotatable bonds is 7. The smallest absolute Gasteiger partial charge is 0.307 e. The molecular weight excluding hydrogens is 262 g/mol. The summed E-state index contributed by atoms with van der Waals surface area (Å²) in [6.07, 6.45) is 0.416. The largest absolute Gasteiger partial charge is 0.466 e. The Kier molecular flexibility index (Phi) is 6.90. The van der Waals surface area contributed by atoms with Gasteiger partial charge in [0, 0.05) is 6.04 Å². The maximum atomic E-state index is 12.0. The molecule has 0 aliphatic rings. The van der Waals surface area contributed by atoms with E-state index in [1.165, 1.54) is 22.3 Å². The van der Waals surface area contributed by atoms with E-state index in [1.54, 1.807) is 0 Å². The summed E-state index contributed by atoms with van der Waals surface area (Å²) in [5.41, 5.74) is 5.07. The van der Waals surface area contributed by atoms with Crippen LogP contribution >= 0.6 is 0 Å². The molecule has 0 aliphatic carbocycles. The van der Waals surface area contributed by atoms with Crippen molar-refractivity contribution in [3.63, 3.8) is 0 Å². The first-order valence-corrected chi connectivity index (χ1v) is 7.91. The van der Waals surface area contributed by atoms with Crippen LogP contribution in [0.2, 0.25) is 0 Å². The van der Waals surface area contributed by atoms with Gasteiger partial charge in [0.25, 0.3) is 0 Å². The second-order valence-electron chi connectivity index (χ2n) is 5.54. The minimum absolute atomic E-state index is 0.0957. The Hall–Kier alpha value is -1.35. The third kappa shape index (κ3) is 4.57. The van der Waals surface area contributed by atoms with Crippen LogP contribution in [0.3, 0.4) is 0 Å². The van der Waals surface area contributed by atoms with Crippen molar-refractivity contribution in [2.45, 2.75) is 54.0 Å². The highest BCUT2D eigenvalue weighted by molar-refractivity contribution is 5.70. The fraction of sp³-hybridized carbons (Fsp3) is 0.611. The van der Waals surface area contributed by atoms with Crippen LogP contribution in [0.1, 0.15) is 55.5 Å². The van der Waals surface area contributed by atoms with Crippen LogP contribution in [-0.4, -0.2) is 30.6 Å². The number of nitrogens with zero attached hydrogens (tertiary/aromatic N) is 1. The fourth-order valence-corrected chi connectivity index (χ4v) is 2.82. The van der Waals surface area contributed by atoms with Gasteiger partial charge >= 0.3 is 5.97 Å². The van der Waals surface area contributed by atoms with Crippen molar-refractivity contribution in [2.75, 3.05) is 19.7 Å². The van der Waals surface area contributed by atoms with E-state index in [0.717, 1.165) is 13.1 Å². The molecule has 0 aliphatic heterocycles. The van der Waals surface area contributed by atoms with E-state index in [0.29, 0.717) is 13.0 Å². The number of carbonyl (C=O) groups is 1. The highest BCUT2D eigenvalue weighted by atomic mass is 16.5. The van der Waals surface area contributed by atoms with Crippen LogP contribution in [0.25, 0.3) is 0 Å². The average Bonchev–Trinajstić information content (AvgIpc) is 2.43. The summed E-state index contributed by atoms with van der Waals surface area (Å²) in [6.45, 7) is 14.8. The zero-order valence-electron chi connectivity index (χ0n) is 14.3. The van der Waals surface area contributed by atoms with Gasteiger partial charge in [0.15, 0.2) is 0 Å². The highest BCUT2D eigenvalue weighted by Gasteiger charge is 2.24. The molecule has 0 fully saturated rings. The number of aryl methyl sites for hydroxylation is 3. The van der Waals surface area contributed by atoms with Gasteiger partial charge in [0.05, 0.1) is 13.0 Å². The second-order valence-corrected chi connectivity index (χ2v) is 5.54. The first kappa shape index (κ1) is 17.7. The standard InChI is InChI=1S/C18H29NO2/c1-7-19(8-2)17(12-18(20)21-9-3)16-11-14(5)13(4)10-15(16)6/h10-11,17H,7-9,12H2,1-6H3. The van der Waals surface area contributed by atoms with E-state index >= 15 is 0 Å². The van der Waals surface area contributed by atoms with E-state index in [9.17, 15) is 4.79 Å². The number of ether oxygens (including phenoxy) is 1. The molecule has 1 unspecified atom stereocenters. The lowest BCUT2D eigenvalue weighted by atomic mass is 9.93. The van der Waals surface area contributed by atoms with E-state index in [-0.39, 0.29) is 12.0 Å². The molecule has 0 amide bonds. The molecule has 21 heavy (non-hydrogen) atoms. The zero-order chi connectivity index (χ0) is 16.0. The van der Waals surface area contributed by atoms with Gasteiger partial charge in [-0.1, -0.05) is 26.0 Å². The van der Waals surface area contributed by atoms with Crippen molar-refractivity contribution in [3.05, 3.63) is 34.4 Å². The van der Waals surface area contributed by atoms with E-state index < -0.39 is 0 Å². The molecule has 0 radical (unpaired) electrons. The normalized spacial score (nSPS) is 12.5. The van der Waals surface area contributed by atoms with Crippen molar-refractivity contribution < 1.29 is 9.53 Å². The number of esters is 1. The van der Waals surface area contributed by atoms with Gasteiger partial charge in [-0.15, -0.1) is 0 Å². The SMILES string of the molecule is CCOC(=O)CC(c1cc(C)c(C)cc1C)N(CC)CC. The van der Waals surface area contributed by atoms with Crippen LogP contribution in [0.5, 0.6) is 0 Å². The fourth-order valence-electron chi connectivity index (χ4n) is 2.82. The first-order chi connectivity index (χ1) is 9.94. The molecule has 0 aromatic heterocycles. The van der Waals surface area contributed by atoms with Gasteiger partial charge < -0.3 is 4.74 Å². The molecule has 0 heterocycles. The molecule has 0 bridgehead atoms. The van der Waals surface area contributed by atoms with Crippen molar-refractivity contribution in [2.24, 2.45) is 0 Å². The van der Waals surface area contributed by atoms with Crippen LogP contribution in [0.15, 0.2) is 12.1 Å². The number of carbonyl (C=O) groups excluding carboxylic acids is 1. The lowest BCUT2D eigenvalue weighted by Crippen LogP contribution is -2.31. The monoisotopic (exact) mass is 291 g/mol. The second kappa shape index (κ2) is 8.18. The van der Waals surface area contributed by atoms with Crippen molar-refractivity contribution in [1.82, 2.24) is 4.90 Å². The third-order valence-corrected chi connectivity index (χ3v) is 4.16. The molecule has 118 valence electrons. The molecule has 0 saturated carbocycles. The summed E-state index contributed by atoms with van der Waals surface area (Å²) in [4.78, 5) is 14.3. The van der Waals surface area contributed by atoms with E-state index in [2.05, 4.69) is 51.7 Å². The molecule has 1 aromatic carbocycles. The molecule has 3 heteroatoms. The number of hydrogen-bond acceptors (Lipinski definition) is 3. The summed E-state index contributed by atoms with van der Waals surface area (Å²) in [6, 6.07) is 4.54. The molecule has 1 rings (SSSR count). The Labute approximate surface area is 129 Å². The lowest BCUT2D eigenvalue weighted by Gasteiger charge is -2.31. The molecule has 0 spiro atoms. The summed E-state index contributed by atoms with van der Waals surface area (Å²) in [7, 11) is 0. The summed E-state index contributed by atoms with van der Waals surface area (Å²) in [5, 5.41) is 0. The summed E-state index contributed by atoms with van der Waals surface area (Å²) in [5.74, 6) is -0.118. The number of hydrogen-bond donors (Lipinski definition) is 0. The Balaban J connectivity index is 3.17. The summed E-state index contributed by atoms with van der Waals surface area (Å²) >= 11 is 0. The van der Waals surface area contributed by atoms with Gasteiger partial charge in [-0.25, -0.2) is 0 Å². The predicted octanol–water partition coefficient (Wildman–Crippen LogP) is 3.95. The van der Waals surface area contributed by atoms with Crippen molar-refractivity contribution in [1.29, 1.82) is 0 Å². The maximum absolute atomic E-state index is 12.0. The predicted molar refractivity (Wildman–Crippen MR) is 87.6 cm³/mol. The van der Waals surface area contributed by atoms with Crippen LogP contribution < -0.4 is 0 Å². The molecule has 3 nitrogen and oxygen atoms in total. The third-order valence-electron chi connectivity index (χ3n) is 4.16. The first-order valence-electron chi connectivity index (χ1n) is 7.91. The Morgan fingerprint density at radius 1 is 1.05 bits per heavy atom. The molecule has 0 saturated heterocycles. The van der Waals surface area contributed by atoms with Crippen molar-refractivity contribution in [3.8, 4) is 0 Å². The molecule has 0 N–H and O–H groups in total. The van der Waals surface area contributed by atoms with Gasteiger partial charge in [-0.05, 0) is 63.0 Å². The topological polar surface area (TPSA) is 29.5 Å². The highest BCUT2D eigenvalue weighted by Crippen LogP contribution is 2.29. The Morgan fingerprint density at radius 3 is 2.14 bits per heavy atom. The lowest BCUT2D eigenvalue weighted by molar-refractivity contribution is -0.144. The molecule has 1 atom stereocenters. The number of benzene rings is 1. The zero-order valence-corrected chi connectivity index (χ0v) is 14.3. The Bertz CT molecular complexity index is 478. The van der Waals surface area contributed by atoms with Crippen LogP contribution in [0, 0.1) is 20.8 Å². The van der Waals surface area contributed by atoms with Crippen molar-refractivity contribution >= 4 is 5.97 Å². The Morgan fingerprint density at radius 2 is 1.62 bits per heavy atom. The average molecular weight is 291 g/mol. The van der Waals surface area contributed by atoms with E-state index in [1.807, 2.05) is 6.92 Å². The van der Waals surface area contributed by atoms with Gasteiger partial charge in [-0.3, -0.25) is 9.69 Å². The molecular formula is C18H29NO2. The van der Waals surface area contributed by atoms with Gasteiger partial charge in [0.1, 0.15) is 0 Å². The summed E-state index contributed by atoms with van der Waals surface area (Å²) < 4.78 is 5.16. The quantitative estimate of drug-likeness (QED) is 0.712. The van der Waals surface area contributed by atoms with E-state index in [4.69, 9.17) is 4.74 Å². The van der Waals surface area contributed by atoms with Gasteiger partial charge in [-0.2, -0.15) is 0 Å². The van der Waals surface area contributed by atoms with Crippen LogP contribution in [0.4, 0.5) is 0 Å². The minimum atomic E-state index is -0.118. The molecule has 1 aromatic rings. The minimum Gasteiger partial charge on any atom is -0.466 e. The maximum Gasteiger partial charge on any atom is 0.307 e.